The molecule has 0 bridgehead atoms. The molecule has 1 aliphatic heterocycles. The molecular formula is C22H32N4O. The van der Waals surface area contributed by atoms with Gasteiger partial charge in [-0.25, -0.2) is 0 Å². The normalized spacial score (nSPS) is 17.8. The van der Waals surface area contributed by atoms with Crippen molar-refractivity contribution in [2.75, 3.05) is 19.6 Å². The van der Waals surface area contributed by atoms with Crippen molar-refractivity contribution in [3.63, 3.8) is 0 Å². The first-order valence-electron chi connectivity index (χ1n) is 10.1. The van der Waals surface area contributed by atoms with E-state index in [0.717, 1.165) is 49.4 Å². The summed E-state index contributed by atoms with van der Waals surface area (Å²) in [6, 6.07) is 10.7. The zero-order chi connectivity index (χ0) is 19.2. The molecule has 5 heteroatoms. The highest BCUT2D eigenvalue weighted by molar-refractivity contribution is 5.78. The third-order valence-electron chi connectivity index (χ3n) is 5.57. The molecule has 3 rings (SSSR count). The number of amides is 1. The van der Waals surface area contributed by atoms with E-state index in [0.29, 0.717) is 19.0 Å². The largest absolute Gasteiger partial charge is 0.351 e. The smallest absolute Gasteiger partial charge is 0.234 e. The summed E-state index contributed by atoms with van der Waals surface area (Å²) in [6.45, 7) is 10.2. The van der Waals surface area contributed by atoms with Gasteiger partial charge >= 0.3 is 0 Å². The molecule has 1 aromatic heterocycles. The summed E-state index contributed by atoms with van der Waals surface area (Å²) in [5.41, 5.74) is 4.72. The number of carbonyl (C=O) groups excluding carboxylic acids is 1. The van der Waals surface area contributed by atoms with Crippen LogP contribution in [0.4, 0.5) is 0 Å². The predicted octanol–water partition coefficient (Wildman–Crippen LogP) is 3.41. The van der Waals surface area contributed by atoms with Crippen LogP contribution in [0.15, 0.2) is 30.3 Å². The Kier molecular flexibility index (Phi) is 6.67. The van der Waals surface area contributed by atoms with Crippen LogP contribution in [0.5, 0.6) is 0 Å². The summed E-state index contributed by atoms with van der Waals surface area (Å²) in [5.74, 6) is 0.635. The topological polar surface area (TPSA) is 50.2 Å². The molecular weight excluding hydrogens is 336 g/mol. The molecule has 1 saturated heterocycles. The second kappa shape index (κ2) is 9.18. The standard InChI is InChI=1S/C22H32N4O/c1-4-12-26-18(3)21(17(2)24-26)14-23-22(27)16-25-13-8-11-20(15-25)19-9-6-5-7-10-19/h5-7,9-10,20H,4,8,11-16H2,1-3H3,(H,23,27)/t20-/m1/s1. The highest BCUT2D eigenvalue weighted by atomic mass is 16.2. The molecule has 5 nitrogen and oxygen atoms in total. The molecule has 2 aromatic rings. The summed E-state index contributed by atoms with van der Waals surface area (Å²) in [4.78, 5) is 14.8. The van der Waals surface area contributed by atoms with Gasteiger partial charge in [0, 0.05) is 30.9 Å². The van der Waals surface area contributed by atoms with Crippen molar-refractivity contribution in [3.8, 4) is 0 Å². The molecule has 0 saturated carbocycles. The van der Waals surface area contributed by atoms with E-state index in [-0.39, 0.29) is 5.91 Å². The van der Waals surface area contributed by atoms with Crippen LogP contribution in [0, 0.1) is 13.8 Å². The zero-order valence-electron chi connectivity index (χ0n) is 16.9. The first kappa shape index (κ1) is 19.6. The maximum absolute atomic E-state index is 12.5. The Bertz CT molecular complexity index is 753. The fraction of sp³-hybridized carbons (Fsp3) is 0.545. The van der Waals surface area contributed by atoms with E-state index < -0.39 is 0 Å². The number of nitrogens with zero attached hydrogens (tertiary/aromatic N) is 3. The molecule has 2 heterocycles. The molecule has 1 aliphatic rings. The van der Waals surface area contributed by atoms with Gasteiger partial charge in [-0.05, 0) is 51.1 Å². The number of carbonyl (C=O) groups is 1. The average molecular weight is 369 g/mol. The number of aromatic nitrogens is 2. The predicted molar refractivity (Wildman–Crippen MR) is 109 cm³/mol. The quantitative estimate of drug-likeness (QED) is 0.815. The molecule has 1 aromatic carbocycles. The van der Waals surface area contributed by atoms with Crippen LogP contribution in [0.3, 0.4) is 0 Å². The van der Waals surface area contributed by atoms with Crippen LogP contribution in [-0.4, -0.2) is 40.2 Å². The van der Waals surface area contributed by atoms with E-state index in [1.54, 1.807) is 0 Å². The minimum Gasteiger partial charge on any atom is -0.351 e. The minimum absolute atomic E-state index is 0.103. The van der Waals surface area contributed by atoms with E-state index in [9.17, 15) is 4.79 Å². The van der Waals surface area contributed by atoms with Crippen molar-refractivity contribution in [1.82, 2.24) is 20.0 Å². The summed E-state index contributed by atoms with van der Waals surface area (Å²) < 4.78 is 2.05. The number of likely N-dealkylation sites (tertiary alicyclic amines) is 1. The van der Waals surface area contributed by atoms with Gasteiger partial charge in [0.15, 0.2) is 0 Å². The van der Waals surface area contributed by atoms with Crippen molar-refractivity contribution in [2.24, 2.45) is 0 Å². The van der Waals surface area contributed by atoms with Gasteiger partial charge in [0.2, 0.25) is 5.91 Å². The van der Waals surface area contributed by atoms with Crippen molar-refractivity contribution in [2.45, 2.75) is 59.0 Å². The Morgan fingerprint density at radius 2 is 2.04 bits per heavy atom. The number of rotatable bonds is 7. The number of hydrogen-bond acceptors (Lipinski definition) is 3. The van der Waals surface area contributed by atoms with Gasteiger partial charge in [-0.3, -0.25) is 14.4 Å². The molecule has 146 valence electrons. The van der Waals surface area contributed by atoms with E-state index in [1.807, 2.05) is 11.6 Å². The fourth-order valence-corrected chi connectivity index (χ4v) is 4.06. The highest BCUT2D eigenvalue weighted by Crippen LogP contribution is 2.26. The van der Waals surface area contributed by atoms with Crippen LogP contribution >= 0.6 is 0 Å². The summed E-state index contributed by atoms with van der Waals surface area (Å²) in [7, 11) is 0. The van der Waals surface area contributed by atoms with Crippen molar-refractivity contribution < 1.29 is 4.79 Å². The van der Waals surface area contributed by atoms with Crippen molar-refractivity contribution in [1.29, 1.82) is 0 Å². The van der Waals surface area contributed by atoms with Crippen molar-refractivity contribution >= 4 is 5.91 Å². The lowest BCUT2D eigenvalue weighted by atomic mass is 9.91. The molecule has 0 spiro atoms. The first-order chi connectivity index (χ1) is 13.1. The number of aryl methyl sites for hydroxylation is 2. The Labute approximate surface area is 162 Å². The van der Waals surface area contributed by atoms with Gasteiger partial charge in [0.25, 0.3) is 0 Å². The maximum Gasteiger partial charge on any atom is 0.234 e. The second-order valence-corrected chi connectivity index (χ2v) is 7.63. The lowest BCUT2D eigenvalue weighted by molar-refractivity contribution is -0.122. The SMILES string of the molecule is CCCn1nc(C)c(CNC(=O)CN2CCC[C@@H](c3ccccc3)C2)c1C. The summed E-state index contributed by atoms with van der Waals surface area (Å²) in [5, 5.41) is 7.70. The molecule has 0 unspecified atom stereocenters. The van der Waals surface area contributed by atoms with Crippen LogP contribution in [0.2, 0.25) is 0 Å². The van der Waals surface area contributed by atoms with Crippen LogP contribution in [0.25, 0.3) is 0 Å². The molecule has 0 radical (unpaired) electrons. The molecule has 27 heavy (non-hydrogen) atoms. The van der Waals surface area contributed by atoms with Gasteiger partial charge in [-0.15, -0.1) is 0 Å². The molecule has 1 amide bonds. The molecule has 1 fully saturated rings. The van der Waals surface area contributed by atoms with Crippen LogP contribution in [0.1, 0.15) is 54.6 Å². The minimum atomic E-state index is 0.103. The Balaban J connectivity index is 1.52. The van der Waals surface area contributed by atoms with Gasteiger partial charge in [-0.2, -0.15) is 5.10 Å². The number of hydrogen-bond donors (Lipinski definition) is 1. The van der Waals surface area contributed by atoms with Gasteiger partial charge in [-0.1, -0.05) is 37.3 Å². The third-order valence-corrected chi connectivity index (χ3v) is 5.57. The van der Waals surface area contributed by atoms with E-state index in [2.05, 4.69) is 59.5 Å². The molecule has 0 aliphatic carbocycles. The third kappa shape index (κ3) is 4.98. The zero-order valence-corrected chi connectivity index (χ0v) is 16.9. The summed E-state index contributed by atoms with van der Waals surface area (Å²) >= 11 is 0. The van der Waals surface area contributed by atoms with E-state index >= 15 is 0 Å². The Morgan fingerprint density at radius 3 is 2.78 bits per heavy atom. The second-order valence-electron chi connectivity index (χ2n) is 7.63. The summed E-state index contributed by atoms with van der Waals surface area (Å²) in [6.07, 6.45) is 3.41. The number of piperidine rings is 1. The maximum atomic E-state index is 12.5. The van der Waals surface area contributed by atoms with Crippen LogP contribution < -0.4 is 5.32 Å². The lowest BCUT2D eigenvalue weighted by Crippen LogP contribution is -2.41. The number of nitrogens with one attached hydrogen (secondary N) is 1. The Hall–Kier alpha value is -2.14. The number of benzene rings is 1. The first-order valence-corrected chi connectivity index (χ1v) is 10.1. The monoisotopic (exact) mass is 368 g/mol. The van der Waals surface area contributed by atoms with E-state index in [4.69, 9.17) is 0 Å². The van der Waals surface area contributed by atoms with E-state index in [1.165, 1.54) is 12.0 Å². The van der Waals surface area contributed by atoms with Gasteiger partial charge in [0.1, 0.15) is 0 Å². The molecule has 1 N–H and O–H groups in total. The highest BCUT2D eigenvalue weighted by Gasteiger charge is 2.23. The van der Waals surface area contributed by atoms with Gasteiger partial charge in [0.05, 0.1) is 12.2 Å². The van der Waals surface area contributed by atoms with Gasteiger partial charge < -0.3 is 5.32 Å². The van der Waals surface area contributed by atoms with Crippen molar-refractivity contribution in [3.05, 3.63) is 52.8 Å². The lowest BCUT2D eigenvalue weighted by Gasteiger charge is -2.32. The Morgan fingerprint density at radius 1 is 1.26 bits per heavy atom. The molecule has 1 atom stereocenters. The fourth-order valence-electron chi connectivity index (χ4n) is 4.06. The van der Waals surface area contributed by atoms with Crippen LogP contribution in [-0.2, 0) is 17.9 Å². The average Bonchev–Trinajstić information content (AvgIpc) is 2.94.